The van der Waals surface area contributed by atoms with E-state index in [9.17, 15) is 19.2 Å². The van der Waals surface area contributed by atoms with Gasteiger partial charge >= 0.3 is 5.97 Å². The monoisotopic (exact) mass is 455 g/mol. The van der Waals surface area contributed by atoms with Gasteiger partial charge in [-0.25, -0.2) is 9.69 Å². The van der Waals surface area contributed by atoms with E-state index in [2.05, 4.69) is 0 Å². The number of fused-ring (bicyclic) bond motifs is 1. The molecule has 2 aromatic carbocycles. The van der Waals surface area contributed by atoms with Gasteiger partial charge in [0.15, 0.2) is 6.61 Å². The summed E-state index contributed by atoms with van der Waals surface area (Å²) in [4.78, 5) is 51.5. The number of ketones is 1. The molecule has 0 spiro atoms. The zero-order valence-corrected chi connectivity index (χ0v) is 17.7. The van der Waals surface area contributed by atoms with Crippen molar-refractivity contribution in [1.29, 1.82) is 0 Å². The number of amides is 2. The van der Waals surface area contributed by atoms with Crippen molar-refractivity contribution in [2.45, 2.75) is 0 Å². The fraction of sp³-hybridized carbons (Fsp3) is 0.0909. The van der Waals surface area contributed by atoms with Gasteiger partial charge in [-0.2, -0.15) is 0 Å². The minimum absolute atomic E-state index is 0.0214. The first kappa shape index (κ1) is 20.8. The maximum absolute atomic E-state index is 12.7. The Balaban J connectivity index is 1.61. The van der Waals surface area contributed by atoms with E-state index < -0.39 is 24.4 Å². The molecule has 0 aliphatic carbocycles. The summed E-state index contributed by atoms with van der Waals surface area (Å²) in [7, 11) is 1.32. The number of hydrogen-bond donors (Lipinski definition) is 0. The molecule has 0 saturated heterocycles. The molecule has 2 amide bonds. The average molecular weight is 456 g/mol. The minimum atomic E-state index is -0.822. The van der Waals surface area contributed by atoms with Crippen molar-refractivity contribution in [3.8, 4) is 5.75 Å². The zero-order chi connectivity index (χ0) is 22.1. The van der Waals surface area contributed by atoms with Crippen LogP contribution in [-0.4, -0.2) is 37.3 Å². The van der Waals surface area contributed by atoms with Crippen LogP contribution in [0.2, 0.25) is 5.02 Å². The van der Waals surface area contributed by atoms with E-state index in [1.165, 1.54) is 30.6 Å². The molecule has 0 unspecified atom stereocenters. The highest BCUT2D eigenvalue weighted by Gasteiger charge is 2.38. The highest BCUT2D eigenvalue weighted by molar-refractivity contribution is 7.12. The van der Waals surface area contributed by atoms with Crippen LogP contribution in [0.3, 0.4) is 0 Å². The summed E-state index contributed by atoms with van der Waals surface area (Å²) in [5, 5.41) is 1.72. The van der Waals surface area contributed by atoms with Crippen LogP contribution < -0.4 is 9.64 Å². The predicted octanol–water partition coefficient (Wildman–Crippen LogP) is 4.25. The van der Waals surface area contributed by atoms with Crippen molar-refractivity contribution >= 4 is 52.2 Å². The Morgan fingerprint density at radius 2 is 1.71 bits per heavy atom. The summed E-state index contributed by atoms with van der Waals surface area (Å²) in [6, 6.07) is 12.3. The number of imide groups is 1. The maximum Gasteiger partial charge on any atom is 0.342 e. The van der Waals surface area contributed by atoms with Crippen LogP contribution in [0.15, 0.2) is 53.9 Å². The van der Waals surface area contributed by atoms with E-state index in [4.69, 9.17) is 21.1 Å². The van der Waals surface area contributed by atoms with Gasteiger partial charge < -0.3 is 9.47 Å². The third-order valence-corrected chi connectivity index (χ3v) is 5.87. The number of halogens is 1. The van der Waals surface area contributed by atoms with Gasteiger partial charge in [0.1, 0.15) is 11.3 Å². The van der Waals surface area contributed by atoms with E-state index in [0.29, 0.717) is 4.88 Å². The first-order valence-electron chi connectivity index (χ1n) is 9.01. The predicted molar refractivity (Wildman–Crippen MR) is 115 cm³/mol. The highest BCUT2D eigenvalue weighted by Crippen LogP contribution is 2.38. The van der Waals surface area contributed by atoms with Crippen LogP contribution >= 0.6 is 22.9 Å². The summed E-state index contributed by atoms with van der Waals surface area (Å²) in [6.45, 7) is -0.444. The number of thiophene rings is 1. The molecule has 0 fully saturated rings. The minimum Gasteiger partial charge on any atom is -0.496 e. The molecular weight excluding hydrogens is 442 g/mol. The lowest BCUT2D eigenvalue weighted by molar-refractivity contribution is 0.0472. The first-order chi connectivity index (χ1) is 14.9. The van der Waals surface area contributed by atoms with Crippen LogP contribution in [0.25, 0.3) is 0 Å². The van der Waals surface area contributed by atoms with Gasteiger partial charge in [-0.3, -0.25) is 14.4 Å². The smallest absolute Gasteiger partial charge is 0.342 e. The standard InChI is InChI=1S/C22H14ClNO6S/c1-29-18-10-16(24-20(26)12-5-2-3-6-13(12)21(24)27)15(23)9-14(18)22(28)30-11-17(25)19-7-4-8-31-19/h2-10H,11H2,1H3. The van der Waals surface area contributed by atoms with Crippen LogP contribution in [0, 0.1) is 0 Å². The Morgan fingerprint density at radius 3 is 2.29 bits per heavy atom. The molecule has 0 radical (unpaired) electrons. The van der Waals surface area contributed by atoms with Crippen molar-refractivity contribution in [2.75, 3.05) is 18.6 Å². The van der Waals surface area contributed by atoms with E-state index in [0.717, 1.165) is 4.90 Å². The summed E-state index contributed by atoms with van der Waals surface area (Å²) >= 11 is 7.57. The molecule has 7 nitrogen and oxygen atoms in total. The number of esters is 1. The number of Topliss-reactive ketones (excluding diaryl/α,β-unsaturated/α-hetero) is 1. The molecule has 3 aromatic rings. The first-order valence-corrected chi connectivity index (χ1v) is 10.3. The summed E-state index contributed by atoms with van der Waals surface area (Å²) in [5.74, 6) is -2.17. The second-order valence-corrected chi connectivity index (χ2v) is 7.83. The molecule has 0 bridgehead atoms. The van der Waals surface area contributed by atoms with Crippen molar-refractivity contribution < 1.29 is 28.7 Å². The van der Waals surface area contributed by atoms with Gasteiger partial charge in [-0.1, -0.05) is 29.8 Å². The van der Waals surface area contributed by atoms with Gasteiger partial charge in [-0.05, 0) is 29.6 Å². The van der Waals surface area contributed by atoms with Crippen LogP contribution in [-0.2, 0) is 4.74 Å². The summed E-state index contributed by atoms with van der Waals surface area (Å²) in [5.41, 5.74) is 0.569. The largest absolute Gasteiger partial charge is 0.496 e. The Kier molecular flexibility index (Phi) is 5.58. The number of rotatable bonds is 6. The molecule has 4 rings (SSSR count). The third-order valence-electron chi connectivity index (χ3n) is 4.65. The van der Waals surface area contributed by atoms with Gasteiger partial charge in [-0.15, -0.1) is 11.3 Å². The highest BCUT2D eigenvalue weighted by atomic mass is 35.5. The number of methoxy groups -OCH3 is 1. The third kappa shape index (κ3) is 3.71. The normalized spacial score (nSPS) is 12.6. The van der Waals surface area contributed by atoms with Gasteiger partial charge in [0, 0.05) is 6.07 Å². The van der Waals surface area contributed by atoms with Crippen molar-refractivity contribution in [3.05, 3.63) is 80.5 Å². The molecule has 31 heavy (non-hydrogen) atoms. The molecule has 0 atom stereocenters. The maximum atomic E-state index is 12.7. The van der Waals surface area contributed by atoms with Crippen LogP contribution in [0.1, 0.15) is 40.7 Å². The second-order valence-electron chi connectivity index (χ2n) is 6.47. The zero-order valence-electron chi connectivity index (χ0n) is 16.1. The van der Waals surface area contributed by atoms with Gasteiger partial charge in [0.25, 0.3) is 11.8 Å². The number of nitrogens with zero attached hydrogens (tertiary/aromatic N) is 1. The number of ether oxygens (including phenoxy) is 2. The van der Waals surface area contributed by atoms with E-state index in [-0.39, 0.29) is 38.9 Å². The Bertz CT molecular complexity index is 1190. The molecule has 9 heteroatoms. The molecular formula is C22H14ClNO6S. The Hall–Kier alpha value is -3.49. The SMILES string of the molecule is COc1cc(N2C(=O)c3ccccc3C2=O)c(Cl)cc1C(=O)OCC(=O)c1cccs1. The van der Waals surface area contributed by atoms with E-state index in [1.807, 2.05) is 0 Å². The fourth-order valence-corrected chi connectivity index (χ4v) is 4.07. The summed E-state index contributed by atoms with van der Waals surface area (Å²) < 4.78 is 10.4. The number of carbonyl (C=O) groups is 4. The van der Waals surface area contributed by atoms with Crippen LogP contribution in [0.4, 0.5) is 5.69 Å². The Morgan fingerprint density at radius 1 is 1.03 bits per heavy atom. The van der Waals surface area contributed by atoms with E-state index >= 15 is 0 Å². The Labute approximate surface area is 185 Å². The topological polar surface area (TPSA) is 90.0 Å². The second kappa shape index (κ2) is 8.33. The number of hydrogen-bond acceptors (Lipinski definition) is 7. The van der Waals surface area contributed by atoms with Crippen LogP contribution in [0.5, 0.6) is 5.75 Å². The van der Waals surface area contributed by atoms with Gasteiger partial charge in [0.05, 0.1) is 33.8 Å². The molecule has 1 aromatic heterocycles. The lowest BCUT2D eigenvalue weighted by atomic mass is 10.1. The molecule has 1 aliphatic rings. The van der Waals surface area contributed by atoms with Crippen molar-refractivity contribution in [2.24, 2.45) is 0 Å². The lowest BCUT2D eigenvalue weighted by Gasteiger charge is -2.18. The molecule has 2 heterocycles. The van der Waals surface area contributed by atoms with Crippen molar-refractivity contribution in [1.82, 2.24) is 0 Å². The average Bonchev–Trinajstić information content (AvgIpc) is 3.40. The molecule has 0 N–H and O–H groups in total. The summed E-state index contributed by atoms with van der Waals surface area (Å²) in [6.07, 6.45) is 0. The van der Waals surface area contributed by atoms with Crippen molar-refractivity contribution in [3.63, 3.8) is 0 Å². The molecule has 1 aliphatic heterocycles. The fourth-order valence-electron chi connectivity index (χ4n) is 3.17. The quantitative estimate of drug-likeness (QED) is 0.313. The number of benzene rings is 2. The number of carbonyl (C=O) groups excluding carboxylic acids is 4. The van der Waals surface area contributed by atoms with E-state index in [1.54, 1.807) is 41.8 Å². The lowest BCUT2D eigenvalue weighted by Crippen LogP contribution is -2.29. The number of anilines is 1. The van der Waals surface area contributed by atoms with Gasteiger partial charge in [0.2, 0.25) is 5.78 Å². The molecule has 0 saturated carbocycles. The molecule has 156 valence electrons.